The third-order valence-corrected chi connectivity index (χ3v) is 4.22. The molecule has 0 saturated heterocycles. The molecule has 1 aliphatic rings. The van der Waals surface area contributed by atoms with E-state index in [4.69, 9.17) is 5.11 Å². The van der Waals surface area contributed by atoms with Crippen molar-refractivity contribution in [2.24, 2.45) is 5.92 Å². The van der Waals surface area contributed by atoms with Crippen LogP contribution in [0.25, 0.3) is 0 Å². The van der Waals surface area contributed by atoms with Gasteiger partial charge in [0.2, 0.25) is 0 Å². The van der Waals surface area contributed by atoms with Gasteiger partial charge in [-0.2, -0.15) is 0 Å². The Balaban J connectivity index is 2.26. The largest absolute Gasteiger partial charge is 0.481 e. The third-order valence-electron chi connectivity index (χ3n) is 3.07. The van der Waals surface area contributed by atoms with Gasteiger partial charge < -0.3 is 5.11 Å². The number of hydrogen-bond donors (Lipinski definition) is 1. The van der Waals surface area contributed by atoms with E-state index in [1.54, 1.807) is 11.3 Å². The zero-order valence-electron chi connectivity index (χ0n) is 8.19. The lowest BCUT2D eigenvalue weighted by Crippen LogP contribution is -2.16. The summed E-state index contributed by atoms with van der Waals surface area (Å²) in [7, 11) is 0. The number of aliphatic carboxylic acids is 1. The molecule has 2 unspecified atom stereocenters. The standard InChI is InChI=1S/C11H14O2S/c1-7-5-6-14-10(7)8-3-2-4-9(8)11(12)13/h5-6,8-9H,2-4H2,1H3,(H,12,13). The van der Waals surface area contributed by atoms with E-state index in [2.05, 4.69) is 18.4 Å². The van der Waals surface area contributed by atoms with E-state index >= 15 is 0 Å². The smallest absolute Gasteiger partial charge is 0.307 e. The second-order valence-electron chi connectivity index (χ2n) is 3.95. The first-order valence-electron chi connectivity index (χ1n) is 4.97. The van der Waals surface area contributed by atoms with Gasteiger partial charge in [-0.25, -0.2) is 0 Å². The van der Waals surface area contributed by atoms with Crippen LogP contribution in [0.3, 0.4) is 0 Å². The lowest BCUT2D eigenvalue weighted by Gasteiger charge is -2.14. The Morgan fingerprint density at radius 1 is 1.57 bits per heavy atom. The summed E-state index contributed by atoms with van der Waals surface area (Å²) in [5, 5.41) is 11.1. The Kier molecular flexibility index (Phi) is 2.59. The quantitative estimate of drug-likeness (QED) is 0.814. The molecule has 76 valence electrons. The maximum Gasteiger partial charge on any atom is 0.307 e. The third kappa shape index (κ3) is 1.57. The monoisotopic (exact) mass is 210 g/mol. The Morgan fingerprint density at radius 3 is 2.93 bits per heavy atom. The van der Waals surface area contributed by atoms with Gasteiger partial charge in [-0.3, -0.25) is 4.79 Å². The summed E-state index contributed by atoms with van der Waals surface area (Å²) in [5.41, 5.74) is 1.26. The van der Waals surface area contributed by atoms with Gasteiger partial charge in [0.15, 0.2) is 0 Å². The Bertz CT molecular complexity index is 343. The molecule has 1 aromatic heterocycles. The normalized spacial score (nSPS) is 26.6. The average Bonchev–Trinajstić information content (AvgIpc) is 2.70. The maximum absolute atomic E-state index is 11.0. The van der Waals surface area contributed by atoms with Crippen LogP contribution in [0.2, 0.25) is 0 Å². The molecule has 3 heteroatoms. The zero-order chi connectivity index (χ0) is 10.1. The molecule has 14 heavy (non-hydrogen) atoms. The minimum atomic E-state index is -0.625. The van der Waals surface area contributed by atoms with Crippen LogP contribution < -0.4 is 0 Å². The number of thiophene rings is 1. The molecular weight excluding hydrogens is 196 g/mol. The molecule has 2 rings (SSSR count). The van der Waals surface area contributed by atoms with Gasteiger partial charge in [0.05, 0.1) is 5.92 Å². The Morgan fingerprint density at radius 2 is 2.36 bits per heavy atom. The SMILES string of the molecule is Cc1ccsc1C1CCCC1C(=O)O. The molecule has 1 N–H and O–H groups in total. The molecule has 2 atom stereocenters. The highest BCUT2D eigenvalue weighted by molar-refractivity contribution is 7.10. The summed E-state index contributed by atoms with van der Waals surface area (Å²) < 4.78 is 0. The average molecular weight is 210 g/mol. The van der Waals surface area contributed by atoms with E-state index in [-0.39, 0.29) is 11.8 Å². The molecule has 1 heterocycles. The number of hydrogen-bond acceptors (Lipinski definition) is 2. The highest BCUT2D eigenvalue weighted by Gasteiger charge is 2.35. The fourth-order valence-electron chi connectivity index (χ4n) is 2.33. The van der Waals surface area contributed by atoms with E-state index in [1.807, 2.05) is 0 Å². The molecule has 1 fully saturated rings. The van der Waals surface area contributed by atoms with Crippen molar-refractivity contribution in [1.82, 2.24) is 0 Å². The van der Waals surface area contributed by atoms with Crippen molar-refractivity contribution < 1.29 is 9.90 Å². The lowest BCUT2D eigenvalue weighted by atomic mass is 9.93. The minimum Gasteiger partial charge on any atom is -0.481 e. The van der Waals surface area contributed by atoms with Crippen LogP contribution >= 0.6 is 11.3 Å². The molecule has 0 radical (unpaired) electrons. The number of aryl methyl sites for hydroxylation is 1. The van der Waals surface area contributed by atoms with E-state index in [0.29, 0.717) is 0 Å². The molecule has 0 spiro atoms. The molecule has 1 aliphatic carbocycles. The summed E-state index contributed by atoms with van der Waals surface area (Å²) >= 11 is 1.70. The van der Waals surface area contributed by atoms with Gasteiger partial charge in [0.1, 0.15) is 0 Å². The molecule has 0 aliphatic heterocycles. The Labute approximate surface area is 87.6 Å². The molecule has 2 nitrogen and oxygen atoms in total. The van der Waals surface area contributed by atoms with Crippen LogP contribution in [0.5, 0.6) is 0 Å². The first-order chi connectivity index (χ1) is 6.70. The first kappa shape index (κ1) is 9.71. The Hall–Kier alpha value is -0.830. The fraction of sp³-hybridized carbons (Fsp3) is 0.545. The van der Waals surface area contributed by atoms with Gasteiger partial charge in [-0.15, -0.1) is 11.3 Å². The minimum absolute atomic E-state index is 0.146. The highest BCUT2D eigenvalue weighted by atomic mass is 32.1. The van der Waals surface area contributed by atoms with Crippen LogP contribution in [0.15, 0.2) is 11.4 Å². The second kappa shape index (κ2) is 3.73. The van der Waals surface area contributed by atoms with Crippen molar-refractivity contribution in [1.29, 1.82) is 0 Å². The van der Waals surface area contributed by atoms with Gasteiger partial charge in [0, 0.05) is 10.8 Å². The van der Waals surface area contributed by atoms with Gasteiger partial charge in [-0.05, 0) is 36.8 Å². The number of carboxylic acids is 1. The number of carboxylic acid groups (broad SMARTS) is 1. The van der Waals surface area contributed by atoms with Gasteiger partial charge in [0.25, 0.3) is 0 Å². The van der Waals surface area contributed by atoms with Crippen molar-refractivity contribution in [2.75, 3.05) is 0 Å². The summed E-state index contributed by atoms with van der Waals surface area (Å²) in [5.74, 6) is -0.500. The molecular formula is C11H14O2S. The summed E-state index contributed by atoms with van der Waals surface area (Å²) in [6.45, 7) is 2.07. The van der Waals surface area contributed by atoms with Crippen LogP contribution in [-0.4, -0.2) is 11.1 Å². The van der Waals surface area contributed by atoms with Crippen molar-refractivity contribution in [2.45, 2.75) is 32.1 Å². The van der Waals surface area contributed by atoms with Crippen LogP contribution in [0.4, 0.5) is 0 Å². The van der Waals surface area contributed by atoms with E-state index in [1.165, 1.54) is 10.4 Å². The van der Waals surface area contributed by atoms with E-state index in [9.17, 15) is 4.79 Å². The first-order valence-corrected chi connectivity index (χ1v) is 5.85. The summed E-state index contributed by atoms with van der Waals surface area (Å²) in [6, 6.07) is 2.08. The van der Waals surface area contributed by atoms with Gasteiger partial charge in [-0.1, -0.05) is 6.42 Å². The van der Waals surface area contributed by atoms with Crippen molar-refractivity contribution in [3.8, 4) is 0 Å². The zero-order valence-corrected chi connectivity index (χ0v) is 9.01. The molecule has 0 amide bonds. The van der Waals surface area contributed by atoms with Crippen LogP contribution in [0, 0.1) is 12.8 Å². The van der Waals surface area contributed by atoms with E-state index in [0.717, 1.165) is 19.3 Å². The van der Waals surface area contributed by atoms with Crippen LogP contribution in [0.1, 0.15) is 35.6 Å². The predicted molar refractivity (Wildman–Crippen MR) is 56.8 cm³/mol. The lowest BCUT2D eigenvalue weighted by molar-refractivity contribution is -0.141. The van der Waals surface area contributed by atoms with Crippen molar-refractivity contribution in [3.05, 3.63) is 21.9 Å². The summed E-state index contributed by atoms with van der Waals surface area (Å²) in [4.78, 5) is 12.3. The molecule has 1 saturated carbocycles. The second-order valence-corrected chi connectivity index (χ2v) is 4.90. The topological polar surface area (TPSA) is 37.3 Å². The highest BCUT2D eigenvalue weighted by Crippen LogP contribution is 2.42. The molecule has 0 bridgehead atoms. The maximum atomic E-state index is 11.0. The van der Waals surface area contributed by atoms with Crippen LogP contribution in [-0.2, 0) is 4.79 Å². The molecule has 0 aromatic carbocycles. The predicted octanol–water partition coefficient (Wildman–Crippen LogP) is 3.02. The number of carbonyl (C=O) groups is 1. The van der Waals surface area contributed by atoms with E-state index < -0.39 is 5.97 Å². The summed E-state index contributed by atoms with van der Waals surface area (Å²) in [6.07, 6.45) is 2.94. The fourth-order valence-corrected chi connectivity index (χ4v) is 3.46. The van der Waals surface area contributed by atoms with Gasteiger partial charge >= 0.3 is 5.97 Å². The van der Waals surface area contributed by atoms with Crippen molar-refractivity contribution in [3.63, 3.8) is 0 Å². The number of rotatable bonds is 2. The molecule has 1 aromatic rings. The van der Waals surface area contributed by atoms with Crippen molar-refractivity contribution >= 4 is 17.3 Å².